The molecule has 2 aliphatic rings. The molecule has 2 aliphatic heterocycles. The van der Waals surface area contributed by atoms with E-state index in [1.807, 2.05) is 6.07 Å². The summed E-state index contributed by atoms with van der Waals surface area (Å²) in [6.45, 7) is 6.08. The van der Waals surface area contributed by atoms with Gasteiger partial charge in [-0.15, -0.1) is 0 Å². The molecule has 0 aromatic heterocycles. The van der Waals surface area contributed by atoms with Crippen molar-refractivity contribution in [1.29, 1.82) is 0 Å². The van der Waals surface area contributed by atoms with E-state index in [0.717, 1.165) is 31.1 Å². The number of aliphatic hydroxyl groups excluding tert-OH is 2. The molecule has 134 valence electrons. The maximum absolute atomic E-state index is 12.1. The molecule has 7 heteroatoms. The molecule has 0 saturated carbocycles. The van der Waals surface area contributed by atoms with E-state index < -0.39 is 6.10 Å². The second-order valence-electron chi connectivity index (χ2n) is 6.41. The summed E-state index contributed by atoms with van der Waals surface area (Å²) in [5, 5.41) is 20.3. The number of thioether (sulfide) groups is 1. The Hall–Kier alpha value is -1.54. The number of amides is 1. The highest BCUT2D eigenvalue weighted by atomic mass is 32.2. The topological polar surface area (TPSA) is 85.5 Å². The Morgan fingerprint density at radius 2 is 2.08 bits per heavy atom. The van der Waals surface area contributed by atoms with E-state index in [-0.39, 0.29) is 12.5 Å². The Kier molecular flexibility index (Phi) is 6.01. The highest BCUT2D eigenvalue weighted by Crippen LogP contribution is 2.24. The van der Waals surface area contributed by atoms with E-state index in [9.17, 15) is 9.90 Å². The summed E-state index contributed by atoms with van der Waals surface area (Å²) in [5.74, 6) is 0.944. The third-order valence-electron chi connectivity index (χ3n) is 4.48. The number of rotatable bonds is 6. The Morgan fingerprint density at radius 3 is 2.80 bits per heavy atom. The van der Waals surface area contributed by atoms with Gasteiger partial charge in [0.15, 0.2) is 0 Å². The number of benzene rings is 1. The Bertz CT molecular complexity index is 772. The number of carbonyl (C=O) groups is 1. The van der Waals surface area contributed by atoms with Gasteiger partial charge in [0.05, 0.1) is 29.4 Å². The first kappa shape index (κ1) is 18.3. The number of fused-ring (bicyclic) bond motifs is 1. The van der Waals surface area contributed by atoms with E-state index >= 15 is 0 Å². The lowest BCUT2D eigenvalue weighted by molar-refractivity contribution is 0.0539. The zero-order valence-electron chi connectivity index (χ0n) is 14.1. The molecule has 6 nitrogen and oxygen atoms in total. The van der Waals surface area contributed by atoms with Crippen LogP contribution in [0.3, 0.4) is 0 Å². The largest absolute Gasteiger partial charge is 0.394 e. The molecule has 0 unspecified atom stereocenters. The molecular formula is C18H23N3O3S. The van der Waals surface area contributed by atoms with Gasteiger partial charge in [0.1, 0.15) is 5.84 Å². The van der Waals surface area contributed by atoms with Crippen molar-refractivity contribution >= 4 is 30.1 Å². The summed E-state index contributed by atoms with van der Waals surface area (Å²) in [6.07, 6.45) is 1.37. The van der Waals surface area contributed by atoms with Gasteiger partial charge < -0.3 is 15.1 Å². The average Bonchev–Trinajstić information content (AvgIpc) is 2.62. The first-order valence-corrected chi connectivity index (χ1v) is 9.53. The molecule has 1 aromatic carbocycles. The lowest BCUT2D eigenvalue weighted by Crippen LogP contribution is -2.40. The predicted molar refractivity (Wildman–Crippen MR) is 99.5 cm³/mol. The summed E-state index contributed by atoms with van der Waals surface area (Å²) < 4.78 is 0. The number of aliphatic imine (C=N–C) groups is 1. The van der Waals surface area contributed by atoms with Crippen LogP contribution in [0.1, 0.15) is 23.2 Å². The monoisotopic (exact) mass is 361 g/mol. The van der Waals surface area contributed by atoms with Crippen LogP contribution in [0, 0.1) is 0 Å². The second-order valence-corrected chi connectivity index (χ2v) is 7.69. The molecule has 0 spiro atoms. The van der Waals surface area contributed by atoms with E-state index in [2.05, 4.69) is 21.5 Å². The van der Waals surface area contributed by atoms with Crippen LogP contribution in [0.4, 0.5) is 0 Å². The third-order valence-corrected chi connectivity index (χ3v) is 5.85. The van der Waals surface area contributed by atoms with Gasteiger partial charge in [0.25, 0.3) is 5.91 Å². The van der Waals surface area contributed by atoms with Crippen molar-refractivity contribution in [3.8, 4) is 0 Å². The molecule has 1 atom stereocenters. The fourth-order valence-electron chi connectivity index (χ4n) is 3.10. The number of piperidine rings is 1. The highest BCUT2D eigenvalue weighted by molar-refractivity contribution is 8.00. The number of para-hydroxylation sites is 1. The Morgan fingerprint density at radius 1 is 1.32 bits per heavy atom. The number of nitrogens with zero attached hydrogens (tertiary/aromatic N) is 3. The van der Waals surface area contributed by atoms with Gasteiger partial charge in [-0.1, -0.05) is 18.7 Å². The molecule has 0 aliphatic carbocycles. The van der Waals surface area contributed by atoms with Crippen LogP contribution in [0.25, 0.3) is 6.58 Å². The van der Waals surface area contributed by atoms with Crippen LogP contribution in [0.15, 0.2) is 28.2 Å². The summed E-state index contributed by atoms with van der Waals surface area (Å²) in [7, 11) is 0. The molecular weight excluding hydrogens is 338 g/mol. The van der Waals surface area contributed by atoms with Crippen molar-refractivity contribution in [1.82, 2.24) is 4.90 Å². The van der Waals surface area contributed by atoms with Crippen molar-refractivity contribution in [3.05, 3.63) is 34.3 Å². The van der Waals surface area contributed by atoms with Gasteiger partial charge in [-0.2, -0.15) is 16.8 Å². The first-order chi connectivity index (χ1) is 12.1. The molecule has 0 radical (unpaired) electrons. The lowest BCUT2D eigenvalue weighted by atomic mass is 10.1. The summed E-state index contributed by atoms with van der Waals surface area (Å²) in [5.41, 5.74) is 0.525. The first-order valence-electron chi connectivity index (χ1n) is 8.48. The van der Waals surface area contributed by atoms with Crippen LogP contribution < -0.4 is 10.6 Å². The number of carbonyl (C=O) groups excluding carboxylic acids is 1. The molecule has 0 bridgehead atoms. The van der Waals surface area contributed by atoms with Crippen molar-refractivity contribution in [2.24, 2.45) is 9.98 Å². The quantitative estimate of drug-likeness (QED) is 0.734. The summed E-state index contributed by atoms with van der Waals surface area (Å²) >= 11 is 1.78. The molecule has 1 amide bonds. The van der Waals surface area contributed by atoms with Crippen molar-refractivity contribution in [2.75, 3.05) is 32.0 Å². The number of hydrogen-bond donors (Lipinski definition) is 2. The highest BCUT2D eigenvalue weighted by Gasteiger charge is 2.22. The Balaban J connectivity index is 1.55. The number of aliphatic hydroxyl groups is 2. The van der Waals surface area contributed by atoms with Gasteiger partial charge in [-0.25, -0.2) is 4.99 Å². The fraction of sp³-hybridized carbons (Fsp3) is 0.500. The van der Waals surface area contributed by atoms with Crippen molar-refractivity contribution < 1.29 is 15.0 Å². The molecule has 25 heavy (non-hydrogen) atoms. The lowest BCUT2D eigenvalue weighted by Gasteiger charge is -2.32. The number of hydrogen-bond acceptors (Lipinski definition) is 6. The van der Waals surface area contributed by atoms with E-state index in [0.29, 0.717) is 34.3 Å². The van der Waals surface area contributed by atoms with Crippen LogP contribution in [0.5, 0.6) is 0 Å². The van der Waals surface area contributed by atoms with Gasteiger partial charge in [0.2, 0.25) is 0 Å². The molecule has 2 N–H and O–H groups in total. The minimum Gasteiger partial charge on any atom is -0.394 e. The zero-order chi connectivity index (χ0) is 17.8. The van der Waals surface area contributed by atoms with Crippen molar-refractivity contribution in [2.45, 2.75) is 24.2 Å². The van der Waals surface area contributed by atoms with Crippen LogP contribution in [0.2, 0.25) is 0 Å². The number of β-amino-alcohol motifs (C(OH)–C–C–N with tert-alkyl or cyclic N) is 1. The van der Waals surface area contributed by atoms with Crippen LogP contribution in [-0.2, 0) is 0 Å². The minimum absolute atomic E-state index is 0.195. The second kappa shape index (κ2) is 8.23. The normalized spacial score (nSPS) is 19.9. The molecule has 1 aromatic rings. The average molecular weight is 361 g/mol. The smallest absolute Gasteiger partial charge is 0.280 e. The molecule has 2 heterocycles. The van der Waals surface area contributed by atoms with Crippen LogP contribution >= 0.6 is 11.8 Å². The summed E-state index contributed by atoms with van der Waals surface area (Å²) in [6, 6.07) is 5.38. The molecule has 1 saturated heterocycles. The van der Waals surface area contributed by atoms with Gasteiger partial charge >= 0.3 is 0 Å². The van der Waals surface area contributed by atoms with Gasteiger partial charge in [0, 0.05) is 11.8 Å². The van der Waals surface area contributed by atoms with Gasteiger partial charge in [-0.3, -0.25) is 4.79 Å². The SMILES string of the molecule is C=c1cccc2c1=NC(CSC1CCN(C[C@@H](O)CO)CC1)=NC2=O. The standard InChI is InChI=1S/C18H23N3O3S/c1-12-3-2-4-15-17(12)19-16(20-18(15)24)11-25-14-5-7-21(8-6-14)9-13(23)10-22/h2-4,13-14,22-23H,1,5-11H2/t13-/m1/s1. The zero-order valence-corrected chi connectivity index (χ0v) is 14.9. The Labute approximate surface area is 151 Å². The maximum atomic E-state index is 12.1. The number of likely N-dealkylation sites (tertiary alicyclic amines) is 1. The van der Waals surface area contributed by atoms with Crippen LogP contribution in [-0.4, -0.2) is 70.2 Å². The van der Waals surface area contributed by atoms with E-state index in [1.165, 1.54) is 0 Å². The number of amidine groups is 1. The predicted octanol–water partition coefficient (Wildman–Crippen LogP) is -0.180. The maximum Gasteiger partial charge on any atom is 0.280 e. The van der Waals surface area contributed by atoms with Gasteiger partial charge in [-0.05, 0) is 37.2 Å². The van der Waals surface area contributed by atoms with E-state index in [1.54, 1.807) is 23.9 Å². The van der Waals surface area contributed by atoms with Crippen molar-refractivity contribution in [3.63, 3.8) is 0 Å². The fourth-order valence-corrected chi connectivity index (χ4v) is 4.16. The molecule has 1 fully saturated rings. The van der Waals surface area contributed by atoms with E-state index in [4.69, 9.17) is 5.11 Å². The molecule has 3 rings (SSSR count). The minimum atomic E-state index is -0.664. The summed E-state index contributed by atoms with van der Waals surface area (Å²) in [4.78, 5) is 22.9. The third kappa shape index (κ3) is 4.55.